The fourth-order valence-electron chi connectivity index (χ4n) is 2.89. The van der Waals surface area contributed by atoms with Gasteiger partial charge < -0.3 is 9.52 Å². The first-order chi connectivity index (χ1) is 8.33. The van der Waals surface area contributed by atoms with Crippen LogP contribution in [0.3, 0.4) is 0 Å². The van der Waals surface area contributed by atoms with Crippen LogP contribution in [0.2, 0.25) is 0 Å². The zero-order valence-electron chi connectivity index (χ0n) is 10.2. The molecule has 0 amide bonds. The lowest BCUT2D eigenvalue weighted by Gasteiger charge is -2.25. The van der Waals surface area contributed by atoms with Crippen LogP contribution in [-0.2, 0) is 0 Å². The van der Waals surface area contributed by atoms with E-state index in [1.54, 1.807) is 6.26 Å². The number of aliphatic hydroxyl groups excluding tert-OH is 1. The highest BCUT2D eigenvalue weighted by atomic mass is 16.4. The molecule has 3 rings (SSSR count). The lowest BCUT2D eigenvalue weighted by molar-refractivity contribution is 0.100. The molecule has 2 aliphatic rings. The maximum absolute atomic E-state index is 10.1. The van der Waals surface area contributed by atoms with Crippen LogP contribution in [-0.4, -0.2) is 29.1 Å². The third kappa shape index (κ3) is 2.72. The Labute approximate surface area is 102 Å². The molecule has 0 radical (unpaired) electrons. The third-order valence-corrected chi connectivity index (χ3v) is 4.06. The minimum absolute atomic E-state index is 0.435. The van der Waals surface area contributed by atoms with Gasteiger partial charge in [-0.15, -0.1) is 0 Å². The van der Waals surface area contributed by atoms with Crippen molar-refractivity contribution in [3.05, 3.63) is 24.2 Å². The Morgan fingerprint density at radius 1 is 1.41 bits per heavy atom. The maximum Gasteiger partial charge on any atom is 0.132 e. The van der Waals surface area contributed by atoms with Crippen LogP contribution in [0.5, 0.6) is 0 Å². The van der Waals surface area contributed by atoms with Crippen molar-refractivity contribution in [3.8, 4) is 0 Å². The Morgan fingerprint density at radius 3 is 3.00 bits per heavy atom. The minimum Gasteiger partial charge on any atom is -0.467 e. The SMILES string of the molecule is O[C@H](C[C@H]1CCCN1CC1CC1)c1ccco1. The summed E-state index contributed by atoms with van der Waals surface area (Å²) in [6.07, 6.45) is 7.34. The van der Waals surface area contributed by atoms with Crippen molar-refractivity contribution in [2.24, 2.45) is 5.92 Å². The molecule has 2 atom stereocenters. The quantitative estimate of drug-likeness (QED) is 0.852. The second-order valence-corrected chi connectivity index (χ2v) is 5.50. The maximum atomic E-state index is 10.1. The number of hydrogen-bond donors (Lipinski definition) is 1. The van der Waals surface area contributed by atoms with Crippen molar-refractivity contribution in [3.63, 3.8) is 0 Å². The molecule has 3 nitrogen and oxygen atoms in total. The van der Waals surface area contributed by atoms with E-state index in [0.717, 1.165) is 12.3 Å². The van der Waals surface area contributed by atoms with Gasteiger partial charge in [0.15, 0.2) is 0 Å². The van der Waals surface area contributed by atoms with Gasteiger partial charge in [-0.05, 0) is 56.7 Å². The first kappa shape index (κ1) is 11.3. The molecule has 0 spiro atoms. The summed E-state index contributed by atoms with van der Waals surface area (Å²) in [6, 6.07) is 4.26. The highest BCUT2D eigenvalue weighted by molar-refractivity contribution is 5.03. The van der Waals surface area contributed by atoms with E-state index in [9.17, 15) is 5.11 Å². The fraction of sp³-hybridized carbons (Fsp3) is 0.714. The Balaban J connectivity index is 1.55. The molecule has 17 heavy (non-hydrogen) atoms. The summed E-state index contributed by atoms with van der Waals surface area (Å²) in [6.45, 7) is 2.46. The fourth-order valence-corrected chi connectivity index (χ4v) is 2.89. The molecule has 2 fully saturated rings. The molecule has 0 aromatic carbocycles. The Morgan fingerprint density at radius 2 is 2.29 bits per heavy atom. The van der Waals surface area contributed by atoms with Crippen LogP contribution < -0.4 is 0 Å². The lowest BCUT2D eigenvalue weighted by Crippen LogP contribution is -2.32. The van der Waals surface area contributed by atoms with E-state index in [-0.39, 0.29) is 0 Å². The molecule has 0 bridgehead atoms. The number of hydrogen-bond acceptors (Lipinski definition) is 3. The molecule has 1 aliphatic heterocycles. The van der Waals surface area contributed by atoms with Gasteiger partial charge in [0.05, 0.1) is 6.26 Å². The molecular weight excluding hydrogens is 214 g/mol. The predicted octanol–water partition coefficient (Wildman–Crippen LogP) is 2.58. The zero-order valence-corrected chi connectivity index (χ0v) is 10.2. The molecule has 1 saturated heterocycles. The molecule has 1 saturated carbocycles. The summed E-state index contributed by atoms with van der Waals surface area (Å²) in [5.41, 5.74) is 0. The highest BCUT2D eigenvalue weighted by Crippen LogP contribution is 2.34. The van der Waals surface area contributed by atoms with Gasteiger partial charge in [-0.3, -0.25) is 4.90 Å². The lowest BCUT2D eigenvalue weighted by atomic mass is 10.1. The summed E-state index contributed by atoms with van der Waals surface area (Å²) in [4.78, 5) is 2.57. The van der Waals surface area contributed by atoms with Gasteiger partial charge in [-0.2, -0.15) is 0 Å². The van der Waals surface area contributed by atoms with Crippen molar-refractivity contribution in [1.82, 2.24) is 4.90 Å². The normalized spacial score (nSPS) is 27.5. The molecule has 2 heterocycles. The monoisotopic (exact) mass is 235 g/mol. The highest BCUT2D eigenvalue weighted by Gasteiger charge is 2.32. The molecular formula is C14H21NO2. The topological polar surface area (TPSA) is 36.6 Å². The molecule has 94 valence electrons. The van der Waals surface area contributed by atoms with Gasteiger partial charge in [-0.25, -0.2) is 0 Å². The number of nitrogens with zero attached hydrogens (tertiary/aromatic N) is 1. The van der Waals surface area contributed by atoms with E-state index >= 15 is 0 Å². The Kier molecular flexibility index (Phi) is 3.21. The first-order valence-electron chi connectivity index (χ1n) is 6.78. The van der Waals surface area contributed by atoms with Crippen LogP contribution in [0.1, 0.15) is 44.0 Å². The van der Waals surface area contributed by atoms with Crippen molar-refractivity contribution in [2.45, 2.75) is 44.2 Å². The zero-order chi connectivity index (χ0) is 11.7. The number of rotatable bonds is 5. The third-order valence-electron chi connectivity index (χ3n) is 4.06. The average Bonchev–Trinajstić information content (AvgIpc) is 2.81. The largest absolute Gasteiger partial charge is 0.467 e. The van der Waals surface area contributed by atoms with E-state index < -0.39 is 6.10 Å². The van der Waals surface area contributed by atoms with Gasteiger partial charge >= 0.3 is 0 Å². The van der Waals surface area contributed by atoms with Crippen LogP contribution in [0, 0.1) is 5.92 Å². The average molecular weight is 235 g/mol. The van der Waals surface area contributed by atoms with E-state index in [1.807, 2.05) is 12.1 Å². The van der Waals surface area contributed by atoms with Gasteiger partial charge in [0.2, 0.25) is 0 Å². The summed E-state index contributed by atoms with van der Waals surface area (Å²) >= 11 is 0. The second-order valence-electron chi connectivity index (χ2n) is 5.50. The van der Waals surface area contributed by atoms with Gasteiger partial charge in [0.1, 0.15) is 11.9 Å². The van der Waals surface area contributed by atoms with Crippen LogP contribution in [0.4, 0.5) is 0 Å². The predicted molar refractivity (Wildman–Crippen MR) is 65.6 cm³/mol. The molecule has 1 N–H and O–H groups in total. The summed E-state index contributed by atoms with van der Waals surface area (Å²) in [5.74, 6) is 1.65. The molecule has 3 heteroatoms. The summed E-state index contributed by atoms with van der Waals surface area (Å²) < 4.78 is 5.27. The van der Waals surface area contributed by atoms with E-state index in [0.29, 0.717) is 11.8 Å². The number of aliphatic hydroxyl groups is 1. The van der Waals surface area contributed by atoms with E-state index in [2.05, 4.69) is 4.90 Å². The molecule has 1 aliphatic carbocycles. The smallest absolute Gasteiger partial charge is 0.132 e. The molecule has 0 unspecified atom stereocenters. The number of furan rings is 1. The van der Waals surface area contributed by atoms with Crippen LogP contribution in [0.25, 0.3) is 0 Å². The molecule has 1 aromatic heterocycles. The first-order valence-corrected chi connectivity index (χ1v) is 6.78. The standard InChI is InChI=1S/C14H21NO2/c16-13(14-4-2-8-17-14)9-12-3-1-7-15(12)10-11-5-6-11/h2,4,8,11-13,16H,1,3,5-7,9-10H2/t12-,13-/m1/s1. The van der Waals surface area contributed by atoms with E-state index in [1.165, 1.54) is 38.8 Å². The minimum atomic E-state index is -0.435. The summed E-state index contributed by atoms with van der Waals surface area (Å²) in [7, 11) is 0. The van der Waals surface area contributed by atoms with Crippen LogP contribution >= 0.6 is 0 Å². The van der Waals surface area contributed by atoms with Crippen molar-refractivity contribution < 1.29 is 9.52 Å². The van der Waals surface area contributed by atoms with Crippen molar-refractivity contribution >= 4 is 0 Å². The Hall–Kier alpha value is -0.800. The van der Waals surface area contributed by atoms with Gasteiger partial charge in [0, 0.05) is 12.6 Å². The van der Waals surface area contributed by atoms with Gasteiger partial charge in [-0.1, -0.05) is 0 Å². The van der Waals surface area contributed by atoms with Crippen molar-refractivity contribution in [2.75, 3.05) is 13.1 Å². The van der Waals surface area contributed by atoms with Crippen LogP contribution in [0.15, 0.2) is 22.8 Å². The Bertz CT molecular complexity index is 345. The van der Waals surface area contributed by atoms with E-state index in [4.69, 9.17) is 4.42 Å². The number of likely N-dealkylation sites (tertiary alicyclic amines) is 1. The second kappa shape index (κ2) is 4.83. The van der Waals surface area contributed by atoms with Gasteiger partial charge in [0.25, 0.3) is 0 Å². The summed E-state index contributed by atoms with van der Waals surface area (Å²) in [5, 5.41) is 10.1. The van der Waals surface area contributed by atoms with Crippen molar-refractivity contribution in [1.29, 1.82) is 0 Å². The molecule has 1 aromatic rings.